The second-order valence-corrected chi connectivity index (χ2v) is 4.81. The standard InChI is InChI=1S/C13H17ClO2/c14-12-5-6-13(11(7-12)8-15)16-9-10-3-1-2-4-10/h5-7,10,15H,1-4,8-9H2. The van der Waals surface area contributed by atoms with Gasteiger partial charge in [-0.25, -0.2) is 0 Å². The van der Waals surface area contributed by atoms with E-state index in [2.05, 4.69) is 0 Å². The van der Waals surface area contributed by atoms with E-state index in [0.29, 0.717) is 10.9 Å². The summed E-state index contributed by atoms with van der Waals surface area (Å²) in [7, 11) is 0. The number of hydrogen-bond acceptors (Lipinski definition) is 2. The van der Waals surface area contributed by atoms with E-state index in [0.717, 1.165) is 17.9 Å². The molecule has 1 aromatic carbocycles. The maximum Gasteiger partial charge on any atom is 0.124 e. The fraction of sp³-hybridized carbons (Fsp3) is 0.538. The van der Waals surface area contributed by atoms with Crippen LogP contribution in [0.1, 0.15) is 31.2 Å². The molecule has 0 spiro atoms. The molecule has 3 heteroatoms. The Morgan fingerprint density at radius 1 is 1.31 bits per heavy atom. The first-order valence-corrected chi connectivity index (χ1v) is 6.19. The molecule has 16 heavy (non-hydrogen) atoms. The van der Waals surface area contributed by atoms with Crippen molar-refractivity contribution in [1.82, 2.24) is 0 Å². The van der Waals surface area contributed by atoms with Crippen molar-refractivity contribution in [3.8, 4) is 5.75 Å². The Hall–Kier alpha value is -0.730. The molecule has 1 aromatic rings. The highest BCUT2D eigenvalue weighted by Gasteiger charge is 2.16. The summed E-state index contributed by atoms with van der Waals surface area (Å²) < 4.78 is 5.75. The van der Waals surface area contributed by atoms with Gasteiger partial charge in [-0.3, -0.25) is 0 Å². The highest BCUT2D eigenvalue weighted by molar-refractivity contribution is 6.30. The van der Waals surface area contributed by atoms with Gasteiger partial charge in [0.05, 0.1) is 13.2 Å². The summed E-state index contributed by atoms with van der Waals surface area (Å²) >= 11 is 5.86. The molecule has 0 heterocycles. The van der Waals surface area contributed by atoms with Crippen molar-refractivity contribution in [3.05, 3.63) is 28.8 Å². The van der Waals surface area contributed by atoms with E-state index in [-0.39, 0.29) is 6.61 Å². The van der Waals surface area contributed by atoms with E-state index in [1.807, 2.05) is 6.07 Å². The fourth-order valence-corrected chi connectivity index (χ4v) is 2.39. The van der Waals surface area contributed by atoms with Gasteiger partial charge in [-0.1, -0.05) is 24.4 Å². The molecule has 0 amide bonds. The zero-order chi connectivity index (χ0) is 11.4. The normalized spacial score (nSPS) is 16.6. The van der Waals surface area contributed by atoms with Gasteiger partial charge in [0.25, 0.3) is 0 Å². The number of benzene rings is 1. The Kier molecular flexibility index (Phi) is 4.08. The van der Waals surface area contributed by atoms with Crippen molar-refractivity contribution in [2.75, 3.05) is 6.61 Å². The van der Waals surface area contributed by atoms with Crippen LogP contribution < -0.4 is 4.74 Å². The summed E-state index contributed by atoms with van der Waals surface area (Å²) in [5.74, 6) is 1.45. The van der Waals surface area contributed by atoms with Gasteiger partial charge in [-0.15, -0.1) is 0 Å². The van der Waals surface area contributed by atoms with E-state index in [4.69, 9.17) is 16.3 Å². The van der Waals surface area contributed by atoms with Crippen LogP contribution in [0.5, 0.6) is 5.75 Å². The van der Waals surface area contributed by atoms with Gasteiger partial charge >= 0.3 is 0 Å². The molecule has 0 atom stereocenters. The zero-order valence-corrected chi connectivity index (χ0v) is 10.0. The van der Waals surface area contributed by atoms with Gasteiger partial charge in [-0.05, 0) is 37.0 Å². The average molecular weight is 241 g/mol. The molecular weight excluding hydrogens is 224 g/mol. The molecule has 0 aliphatic heterocycles. The minimum atomic E-state index is -0.0272. The predicted molar refractivity (Wildman–Crippen MR) is 64.8 cm³/mol. The van der Waals surface area contributed by atoms with Crippen molar-refractivity contribution in [2.24, 2.45) is 5.92 Å². The van der Waals surface area contributed by atoms with Crippen molar-refractivity contribution in [1.29, 1.82) is 0 Å². The number of rotatable bonds is 4. The molecule has 2 rings (SSSR count). The molecule has 0 unspecified atom stereocenters. The third kappa shape index (κ3) is 2.89. The second kappa shape index (κ2) is 5.55. The van der Waals surface area contributed by atoms with Gasteiger partial charge < -0.3 is 9.84 Å². The van der Waals surface area contributed by atoms with Crippen molar-refractivity contribution < 1.29 is 9.84 Å². The molecule has 0 saturated heterocycles. The van der Waals surface area contributed by atoms with Crippen molar-refractivity contribution >= 4 is 11.6 Å². The van der Waals surface area contributed by atoms with E-state index < -0.39 is 0 Å². The largest absolute Gasteiger partial charge is 0.493 e. The molecule has 0 aromatic heterocycles. The topological polar surface area (TPSA) is 29.5 Å². The van der Waals surface area contributed by atoms with Crippen LogP contribution in [0.4, 0.5) is 0 Å². The molecule has 1 fully saturated rings. The lowest BCUT2D eigenvalue weighted by Gasteiger charge is -2.14. The summed E-state index contributed by atoms with van der Waals surface area (Å²) in [6, 6.07) is 5.39. The van der Waals surface area contributed by atoms with Crippen molar-refractivity contribution in [2.45, 2.75) is 32.3 Å². The molecule has 1 N–H and O–H groups in total. The fourth-order valence-electron chi connectivity index (χ4n) is 2.20. The highest BCUT2D eigenvalue weighted by Crippen LogP contribution is 2.28. The number of aliphatic hydroxyl groups excluding tert-OH is 1. The molecule has 88 valence electrons. The van der Waals surface area contributed by atoms with Gasteiger partial charge in [-0.2, -0.15) is 0 Å². The van der Waals surface area contributed by atoms with Gasteiger partial charge in [0.2, 0.25) is 0 Å². The van der Waals surface area contributed by atoms with Crippen LogP contribution in [0, 0.1) is 5.92 Å². The van der Waals surface area contributed by atoms with Crippen LogP contribution in [-0.4, -0.2) is 11.7 Å². The minimum absolute atomic E-state index is 0.0272. The summed E-state index contributed by atoms with van der Waals surface area (Å²) in [6.45, 7) is 0.731. The first-order chi connectivity index (χ1) is 7.79. The smallest absolute Gasteiger partial charge is 0.124 e. The molecule has 1 saturated carbocycles. The van der Waals surface area contributed by atoms with Crippen LogP contribution in [-0.2, 0) is 6.61 Å². The SMILES string of the molecule is OCc1cc(Cl)ccc1OCC1CCCC1. The summed E-state index contributed by atoms with van der Waals surface area (Å²) in [6.07, 6.45) is 5.17. The molecule has 1 aliphatic carbocycles. The summed E-state index contributed by atoms with van der Waals surface area (Å²) in [5, 5.41) is 9.83. The van der Waals surface area contributed by atoms with Gasteiger partial charge in [0.1, 0.15) is 5.75 Å². The average Bonchev–Trinajstić information content (AvgIpc) is 2.80. The van der Waals surface area contributed by atoms with Gasteiger partial charge in [0, 0.05) is 10.6 Å². The molecule has 1 aliphatic rings. The molecular formula is C13H17ClO2. The number of halogens is 1. The molecule has 0 bridgehead atoms. The van der Waals surface area contributed by atoms with Crippen molar-refractivity contribution in [3.63, 3.8) is 0 Å². The Balaban J connectivity index is 1.97. The summed E-state index contributed by atoms with van der Waals surface area (Å²) in [4.78, 5) is 0. The minimum Gasteiger partial charge on any atom is -0.493 e. The lowest BCUT2D eigenvalue weighted by molar-refractivity contribution is 0.234. The number of ether oxygens (including phenoxy) is 1. The first kappa shape index (κ1) is 11.7. The zero-order valence-electron chi connectivity index (χ0n) is 9.29. The third-order valence-electron chi connectivity index (χ3n) is 3.14. The monoisotopic (exact) mass is 240 g/mol. The van der Waals surface area contributed by atoms with Crippen LogP contribution in [0.3, 0.4) is 0 Å². The number of hydrogen-bond donors (Lipinski definition) is 1. The Labute approximate surface area is 101 Å². The van der Waals surface area contributed by atoms with Gasteiger partial charge in [0.15, 0.2) is 0 Å². The Morgan fingerprint density at radius 3 is 2.75 bits per heavy atom. The molecule has 2 nitrogen and oxygen atoms in total. The van der Waals surface area contributed by atoms with Crippen LogP contribution >= 0.6 is 11.6 Å². The molecule has 0 radical (unpaired) electrons. The first-order valence-electron chi connectivity index (χ1n) is 5.81. The van der Waals surface area contributed by atoms with Crippen LogP contribution in [0.2, 0.25) is 5.02 Å². The highest BCUT2D eigenvalue weighted by atomic mass is 35.5. The Bertz CT molecular complexity index is 346. The number of aliphatic hydroxyl groups is 1. The van der Waals surface area contributed by atoms with E-state index >= 15 is 0 Å². The van der Waals surface area contributed by atoms with E-state index in [1.165, 1.54) is 25.7 Å². The van der Waals surface area contributed by atoms with Crippen LogP contribution in [0.15, 0.2) is 18.2 Å². The third-order valence-corrected chi connectivity index (χ3v) is 3.38. The predicted octanol–water partition coefficient (Wildman–Crippen LogP) is 3.40. The maximum atomic E-state index is 9.20. The van der Waals surface area contributed by atoms with Crippen LogP contribution in [0.25, 0.3) is 0 Å². The Morgan fingerprint density at radius 2 is 2.06 bits per heavy atom. The lowest BCUT2D eigenvalue weighted by Crippen LogP contribution is -2.09. The van der Waals surface area contributed by atoms with E-state index in [1.54, 1.807) is 12.1 Å². The van der Waals surface area contributed by atoms with E-state index in [9.17, 15) is 5.11 Å². The lowest BCUT2D eigenvalue weighted by atomic mass is 10.1. The maximum absolute atomic E-state index is 9.20. The summed E-state index contributed by atoms with van der Waals surface area (Å²) in [5.41, 5.74) is 0.769. The quantitative estimate of drug-likeness (QED) is 0.874. The second-order valence-electron chi connectivity index (χ2n) is 4.37.